The van der Waals surface area contributed by atoms with Gasteiger partial charge >= 0.3 is 0 Å². The van der Waals surface area contributed by atoms with Crippen molar-refractivity contribution in [2.75, 3.05) is 11.9 Å². The maximum absolute atomic E-state index is 11.4. The standard InChI is InChI=1S/C29H41ClN4O4/c30-28-32-26(22-6-3-11-34(22)33-28)31-23-24(35)25(36)29(16-37-27(23)38-29)21-9-7-18(8-10-21)13-20-14-19(15-20)12-17-4-1-2-5-17/h3,6,11,17-21,23-25,27,35-36H,1-2,4-5,7-10,12-16H2,(H,31,32,33)/t18?,19?,20?,21?,23-,24-,25-,27+,29-/m1/s1. The van der Waals surface area contributed by atoms with E-state index in [-0.39, 0.29) is 11.2 Å². The van der Waals surface area contributed by atoms with Crippen molar-refractivity contribution in [1.29, 1.82) is 0 Å². The van der Waals surface area contributed by atoms with Gasteiger partial charge in [0, 0.05) is 6.20 Å². The van der Waals surface area contributed by atoms with Crippen molar-refractivity contribution < 1.29 is 19.7 Å². The van der Waals surface area contributed by atoms with Crippen molar-refractivity contribution in [3.05, 3.63) is 23.6 Å². The largest absolute Gasteiger partial charge is 0.388 e. The second-order valence-electron chi connectivity index (χ2n) is 13.0. The fourth-order valence-corrected chi connectivity index (χ4v) is 8.76. The van der Waals surface area contributed by atoms with Crippen LogP contribution in [0.2, 0.25) is 5.28 Å². The average Bonchev–Trinajstić information content (AvgIpc) is 3.65. The Morgan fingerprint density at radius 3 is 2.45 bits per heavy atom. The highest BCUT2D eigenvalue weighted by Crippen LogP contribution is 2.50. The molecule has 0 unspecified atom stereocenters. The van der Waals surface area contributed by atoms with Crippen LogP contribution in [0.4, 0.5) is 5.82 Å². The molecule has 2 bridgehead atoms. The number of anilines is 1. The summed E-state index contributed by atoms with van der Waals surface area (Å²) in [6.07, 6.45) is 15.0. The van der Waals surface area contributed by atoms with Crippen molar-refractivity contribution in [3.63, 3.8) is 0 Å². The summed E-state index contributed by atoms with van der Waals surface area (Å²) in [7, 11) is 0. The molecule has 3 N–H and O–H groups in total. The molecule has 208 valence electrons. The summed E-state index contributed by atoms with van der Waals surface area (Å²) in [4.78, 5) is 4.31. The number of nitrogens with zero attached hydrogens (tertiary/aromatic N) is 3. The Kier molecular flexibility index (Phi) is 6.84. The smallest absolute Gasteiger partial charge is 0.243 e. The summed E-state index contributed by atoms with van der Waals surface area (Å²) >= 11 is 6.11. The van der Waals surface area contributed by atoms with E-state index < -0.39 is 30.1 Å². The molecule has 0 radical (unpaired) electrons. The zero-order valence-electron chi connectivity index (χ0n) is 22.1. The molecule has 2 saturated heterocycles. The van der Waals surface area contributed by atoms with E-state index in [2.05, 4.69) is 15.4 Å². The first-order valence-electron chi connectivity index (χ1n) is 14.9. The van der Waals surface area contributed by atoms with Crippen molar-refractivity contribution in [1.82, 2.24) is 14.6 Å². The van der Waals surface area contributed by atoms with E-state index in [0.717, 1.165) is 42.0 Å². The second-order valence-corrected chi connectivity index (χ2v) is 13.3. The molecular weight excluding hydrogens is 504 g/mol. The molecule has 0 spiro atoms. The molecule has 3 aliphatic carbocycles. The van der Waals surface area contributed by atoms with Gasteiger partial charge in [-0.1, -0.05) is 38.5 Å². The summed E-state index contributed by atoms with van der Waals surface area (Å²) in [6.45, 7) is 0.306. The van der Waals surface area contributed by atoms with Gasteiger partial charge in [0.05, 0.1) is 6.61 Å². The maximum atomic E-state index is 11.4. The van der Waals surface area contributed by atoms with Crippen LogP contribution in [0.25, 0.3) is 5.52 Å². The number of hydrogen-bond donors (Lipinski definition) is 3. The van der Waals surface area contributed by atoms with Gasteiger partial charge in [0.2, 0.25) is 5.28 Å². The van der Waals surface area contributed by atoms with Gasteiger partial charge in [-0.2, -0.15) is 4.98 Å². The summed E-state index contributed by atoms with van der Waals surface area (Å²) in [5, 5.41) is 30.1. The van der Waals surface area contributed by atoms with E-state index in [9.17, 15) is 10.2 Å². The summed E-state index contributed by atoms with van der Waals surface area (Å²) in [6, 6.07) is 3.04. The molecule has 5 aliphatic rings. The third-order valence-corrected chi connectivity index (χ3v) is 10.8. The number of aliphatic hydroxyl groups is 2. The second kappa shape index (κ2) is 10.2. The lowest BCUT2D eigenvalue weighted by atomic mass is 9.64. The molecule has 2 aromatic heterocycles. The molecule has 3 saturated carbocycles. The summed E-state index contributed by atoms with van der Waals surface area (Å²) in [5.41, 5.74) is -0.121. The minimum absolute atomic E-state index is 0.0904. The van der Waals surface area contributed by atoms with E-state index in [0.29, 0.717) is 12.4 Å². The van der Waals surface area contributed by atoms with E-state index in [1.165, 1.54) is 64.2 Å². The van der Waals surface area contributed by atoms with Gasteiger partial charge in [0.15, 0.2) is 12.1 Å². The minimum Gasteiger partial charge on any atom is -0.388 e. The van der Waals surface area contributed by atoms with Gasteiger partial charge < -0.3 is 25.0 Å². The first-order chi connectivity index (χ1) is 18.5. The van der Waals surface area contributed by atoms with Crippen LogP contribution in [-0.2, 0) is 9.47 Å². The molecule has 0 aromatic carbocycles. The predicted octanol–water partition coefficient (Wildman–Crippen LogP) is 4.81. The monoisotopic (exact) mass is 544 g/mol. The van der Waals surface area contributed by atoms with Crippen LogP contribution in [0.3, 0.4) is 0 Å². The zero-order valence-corrected chi connectivity index (χ0v) is 22.8. The van der Waals surface area contributed by atoms with Crippen LogP contribution in [0.5, 0.6) is 0 Å². The van der Waals surface area contributed by atoms with Crippen LogP contribution < -0.4 is 5.32 Å². The predicted molar refractivity (Wildman–Crippen MR) is 144 cm³/mol. The third-order valence-electron chi connectivity index (χ3n) is 10.6. The molecule has 7 rings (SSSR count). The van der Waals surface area contributed by atoms with Gasteiger partial charge in [0.1, 0.15) is 29.4 Å². The van der Waals surface area contributed by atoms with Crippen LogP contribution in [-0.4, -0.2) is 61.6 Å². The SMILES string of the molecule is O[C@@H]1[C@@H](Nc2nc(Cl)nn3cccc23)[C@H]2OC[C@](C3CCC(CC4CC(CC5CCCC5)C4)CC3)(O2)[C@@H]1O. The van der Waals surface area contributed by atoms with Crippen LogP contribution in [0, 0.1) is 29.6 Å². The highest BCUT2D eigenvalue weighted by molar-refractivity contribution is 6.28. The average molecular weight is 545 g/mol. The number of fused-ring (bicyclic) bond motifs is 3. The lowest BCUT2D eigenvalue weighted by Crippen LogP contribution is -2.65. The first-order valence-corrected chi connectivity index (χ1v) is 15.3. The van der Waals surface area contributed by atoms with Crippen molar-refractivity contribution in [3.8, 4) is 0 Å². The van der Waals surface area contributed by atoms with Gasteiger partial charge in [-0.15, -0.1) is 5.10 Å². The molecular formula is C29H41ClN4O4. The Balaban J connectivity index is 0.944. The van der Waals surface area contributed by atoms with E-state index in [4.69, 9.17) is 21.1 Å². The fraction of sp³-hybridized carbons (Fsp3) is 0.793. The van der Waals surface area contributed by atoms with E-state index in [1.54, 1.807) is 10.7 Å². The Morgan fingerprint density at radius 2 is 1.71 bits per heavy atom. The molecule has 8 nitrogen and oxygen atoms in total. The van der Waals surface area contributed by atoms with Gasteiger partial charge in [0.25, 0.3) is 0 Å². The fourth-order valence-electron chi connectivity index (χ4n) is 8.59. The molecule has 5 atom stereocenters. The molecule has 38 heavy (non-hydrogen) atoms. The van der Waals surface area contributed by atoms with Crippen molar-refractivity contribution in [2.45, 2.75) is 107 Å². The Hall–Kier alpha value is -1.45. The highest BCUT2D eigenvalue weighted by Gasteiger charge is 2.62. The van der Waals surface area contributed by atoms with Crippen LogP contribution in [0.1, 0.15) is 77.0 Å². The molecule has 2 aliphatic heterocycles. The van der Waals surface area contributed by atoms with E-state index in [1.807, 2.05) is 12.1 Å². The normalized spacial score (nSPS) is 41.4. The van der Waals surface area contributed by atoms with Crippen molar-refractivity contribution in [2.24, 2.45) is 29.6 Å². The Morgan fingerprint density at radius 1 is 1.00 bits per heavy atom. The summed E-state index contributed by atoms with van der Waals surface area (Å²) in [5.74, 6) is 4.38. The molecule has 0 amide bonds. The first kappa shape index (κ1) is 25.5. The molecule has 4 heterocycles. The Bertz CT molecular complexity index is 1130. The number of halogens is 1. The number of aliphatic hydroxyl groups excluding tert-OH is 2. The summed E-state index contributed by atoms with van der Waals surface area (Å²) < 4.78 is 14.2. The van der Waals surface area contributed by atoms with Gasteiger partial charge in [-0.25, -0.2) is 4.52 Å². The number of ether oxygens (including phenoxy) is 2. The number of nitrogens with one attached hydrogen (secondary N) is 1. The van der Waals surface area contributed by atoms with Gasteiger partial charge in [-0.3, -0.25) is 0 Å². The Labute approximate surface area is 229 Å². The number of rotatable bonds is 7. The van der Waals surface area contributed by atoms with Crippen molar-refractivity contribution >= 4 is 22.9 Å². The lowest BCUT2D eigenvalue weighted by Gasteiger charge is -2.49. The number of aromatic nitrogens is 3. The highest BCUT2D eigenvalue weighted by atomic mass is 35.5. The maximum Gasteiger partial charge on any atom is 0.243 e. The van der Waals surface area contributed by atoms with Crippen LogP contribution in [0.15, 0.2) is 18.3 Å². The molecule has 5 fully saturated rings. The number of hydrogen-bond acceptors (Lipinski definition) is 7. The van der Waals surface area contributed by atoms with Gasteiger partial charge in [-0.05, 0) is 91.8 Å². The quantitative estimate of drug-likeness (QED) is 0.459. The molecule has 2 aromatic rings. The zero-order chi connectivity index (χ0) is 25.9. The molecule has 9 heteroatoms. The van der Waals surface area contributed by atoms with E-state index >= 15 is 0 Å². The minimum atomic E-state index is -1.05. The third kappa shape index (κ3) is 4.54. The topological polar surface area (TPSA) is 101 Å². The lowest BCUT2D eigenvalue weighted by molar-refractivity contribution is -0.235. The van der Waals surface area contributed by atoms with Crippen LogP contribution >= 0.6 is 11.6 Å².